The van der Waals surface area contributed by atoms with Gasteiger partial charge in [-0.15, -0.1) is 0 Å². The lowest BCUT2D eigenvalue weighted by Crippen LogP contribution is -2.28. The summed E-state index contributed by atoms with van der Waals surface area (Å²) in [5.74, 6) is 0.849. The Morgan fingerprint density at radius 1 is 1.31 bits per heavy atom. The number of hydrogen-bond acceptors (Lipinski definition) is 3. The van der Waals surface area contributed by atoms with E-state index in [1.54, 1.807) is 14.0 Å². The first-order valence-electron chi connectivity index (χ1n) is 5.12. The van der Waals surface area contributed by atoms with Gasteiger partial charge in [-0.1, -0.05) is 12.1 Å². The molecule has 1 unspecified atom stereocenters. The molecule has 0 radical (unpaired) electrons. The number of sulfonamides is 1. The number of rotatable bonds is 5. The van der Waals surface area contributed by atoms with Crippen molar-refractivity contribution >= 4 is 10.0 Å². The summed E-state index contributed by atoms with van der Waals surface area (Å²) in [5, 5.41) is 0. The van der Waals surface area contributed by atoms with Crippen LogP contribution in [0.5, 0.6) is 5.75 Å². The summed E-state index contributed by atoms with van der Waals surface area (Å²) in [6.07, 6.45) is 0. The third-order valence-corrected chi connectivity index (χ3v) is 3.82. The van der Waals surface area contributed by atoms with E-state index < -0.39 is 10.0 Å². The zero-order valence-electron chi connectivity index (χ0n) is 9.73. The molecule has 0 spiro atoms. The van der Waals surface area contributed by atoms with E-state index in [9.17, 15) is 8.42 Å². The van der Waals surface area contributed by atoms with E-state index in [0.717, 1.165) is 11.3 Å². The van der Waals surface area contributed by atoms with Crippen LogP contribution in [0, 0.1) is 0 Å². The quantitative estimate of drug-likeness (QED) is 0.856. The van der Waals surface area contributed by atoms with E-state index in [1.807, 2.05) is 31.2 Å². The highest BCUT2D eigenvalue weighted by atomic mass is 32.2. The van der Waals surface area contributed by atoms with Crippen molar-refractivity contribution in [2.75, 3.05) is 12.9 Å². The summed E-state index contributed by atoms with van der Waals surface area (Å²) in [7, 11) is -1.57. The lowest BCUT2D eigenvalue weighted by Gasteiger charge is -2.14. The smallest absolute Gasteiger partial charge is 0.211 e. The first kappa shape index (κ1) is 13.0. The summed E-state index contributed by atoms with van der Waals surface area (Å²) in [4.78, 5) is 0. The molecule has 1 rings (SSSR count). The van der Waals surface area contributed by atoms with Gasteiger partial charge in [0.05, 0.1) is 12.9 Å². The monoisotopic (exact) mass is 243 g/mol. The molecule has 0 saturated heterocycles. The van der Waals surface area contributed by atoms with Crippen molar-refractivity contribution in [3.05, 3.63) is 29.8 Å². The summed E-state index contributed by atoms with van der Waals surface area (Å²) in [5.41, 5.74) is 0.915. The minimum atomic E-state index is -3.16. The Hall–Kier alpha value is -1.07. The van der Waals surface area contributed by atoms with Gasteiger partial charge in [-0.25, -0.2) is 13.1 Å². The van der Waals surface area contributed by atoms with Crippen LogP contribution in [-0.2, 0) is 10.0 Å². The molecule has 0 aliphatic rings. The van der Waals surface area contributed by atoms with Gasteiger partial charge in [0, 0.05) is 6.04 Å². The highest BCUT2D eigenvalue weighted by Crippen LogP contribution is 2.17. The molecule has 16 heavy (non-hydrogen) atoms. The molecule has 0 amide bonds. The molecule has 0 aromatic heterocycles. The topological polar surface area (TPSA) is 55.4 Å². The first-order valence-corrected chi connectivity index (χ1v) is 6.77. The summed E-state index contributed by atoms with van der Waals surface area (Å²) in [6.45, 7) is 3.43. The second-order valence-corrected chi connectivity index (χ2v) is 5.56. The molecule has 0 fully saturated rings. The normalized spacial score (nSPS) is 13.4. The maximum Gasteiger partial charge on any atom is 0.211 e. The van der Waals surface area contributed by atoms with E-state index in [-0.39, 0.29) is 11.8 Å². The van der Waals surface area contributed by atoms with Crippen LogP contribution in [-0.4, -0.2) is 21.3 Å². The summed E-state index contributed by atoms with van der Waals surface area (Å²) in [6, 6.07) is 7.09. The second kappa shape index (κ2) is 5.32. The number of benzene rings is 1. The lowest BCUT2D eigenvalue weighted by atomic mass is 10.1. The molecule has 0 saturated carbocycles. The summed E-state index contributed by atoms with van der Waals surface area (Å²) < 4.78 is 30.4. The van der Waals surface area contributed by atoms with Gasteiger partial charge in [0.25, 0.3) is 0 Å². The van der Waals surface area contributed by atoms with Crippen LogP contribution in [0.4, 0.5) is 0 Å². The van der Waals surface area contributed by atoms with Crippen LogP contribution < -0.4 is 9.46 Å². The highest BCUT2D eigenvalue weighted by Gasteiger charge is 2.13. The fourth-order valence-corrected chi connectivity index (χ4v) is 2.15. The maximum atomic E-state index is 11.4. The largest absolute Gasteiger partial charge is 0.497 e. The predicted octanol–water partition coefficient (Wildman–Crippen LogP) is 1.70. The van der Waals surface area contributed by atoms with Crippen LogP contribution in [0.15, 0.2) is 24.3 Å². The Morgan fingerprint density at radius 3 is 2.31 bits per heavy atom. The number of hydrogen-bond donors (Lipinski definition) is 1. The molecule has 1 atom stereocenters. The zero-order valence-corrected chi connectivity index (χ0v) is 10.5. The molecule has 0 heterocycles. The fourth-order valence-electron chi connectivity index (χ4n) is 1.31. The molecule has 1 N–H and O–H groups in total. The van der Waals surface area contributed by atoms with Gasteiger partial charge < -0.3 is 4.74 Å². The molecule has 1 aromatic carbocycles. The van der Waals surface area contributed by atoms with E-state index in [1.165, 1.54) is 0 Å². The summed E-state index contributed by atoms with van der Waals surface area (Å²) >= 11 is 0. The highest BCUT2D eigenvalue weighted by molar-refractivity contribution is 7.89. The van der Waals surface area contributed by atoms with E-state index in [4.69, 9.17) is 4.74 Å². The van der Waals surface area contributed by atoms with Crippen molar-refractivity contribution in [3.63, 3.8) is 0 Å². The Kier molecular flexibility index (Phi) is 4.32. The minimum absolute atomic E-state index is 0.0908. The van der Waals surface area contributed by atoms with Gasteiger partial charge in [-0.3, -0.25) is 0 Å². The number of ether oxygens (including phenoxy) is 1. The molecular formula is C11H17NO3S. The first-order chi connectivity index (χ1) is 7.48. The SMILES string of the molecule is CCS(=O)(=O)NC(C)c1ccc(OC)cc1. The molecule has 1 aromatic rings. The van der Waals surface area contributed by atoms with Crippen LogP contribution in [0.25, 0.3) is 0 Å². The molecule has 0 aliphatic carbocycles. The van der Waals surface area contributed by atoms with Crippen LogP contribution in [0.2, 0.25) is 0 Å². The van der Waals surface area contributed by atoms with Crippen LogP contribution in [0.1, 0.15) is 25.5 Å². The van der Waals surface area contributed by atoms with Gasteiger partial charge in [0.1, 0.15) is 5.75 Å². The third kappa shape index (κ3) is 3.50. The predicted molar refractivity (Wildman–Crippen MR) is 64.0 cm³/mol. The van der Waals surface area contributed by atoms with E-state index in [2.05, 4.69) is 4.72 Å². The fraction of sp³-hybridized carbons (Fsp3) is 0.455. The van der Waals surface area contributed by atoms with E-state index in [0.29, 0.717) is 0 Å². The molecular weight excluding hydrogens is 226 g/mol. The molecule has 0 aliphatic heterocycles. The van der Waals surface area contributed by atoms with Crippen molar-refractivity contribution in [2.24, 2.45) is 0 Å². The van der Waals surface area contributed by atoms with Crippen molar-refractivity contribution in [1.29, 1.82) is 0 Å². The number of nitrogens with one attached hydrogen (secondary N) is 1. The van der Waals surface area contributed by atoms with Crippen LogP contribution in [0.3, 0.4) is 0 Å². The molecule has 5 heteroatoms. The van der Waals surface area contributed by atoms with Gasteiger partial charge in [0.2, 0.25) is 10.0 Å². The Balaban J connectivity index is 2.77. The third-order valence-electron chi connectivity index (χ3n) is 2.35. The standard InChI is InChI=1S/C11H17NO3S/c1-4-16(13,14)12-9(2)10-5-7-11(15-3)8-6-10/h5-9,12H,4H2,1-3H3. The van der Waals surface area contributed by atoms with Gasteiger partial charge in [-0.2, -0.15) is 0 Å². The molecule has 4 nitrogen and oxygen atoms in total. The van der Waals surface area contributed by atoms with Crippen molar-refractivity contribution in [3.8, 4) is 5.75 Å². The Bertz CT molecular complexity index is 425. The molecule has 90 valence electrons. The van der Waals surface area contributed by atoms with Crippen molar-refractivity contribution < 1.29 is 13.2 Å². The minimum Gasteiger partial charge on any atom is -0.497 e. The van der Waals surface area contributed by atoms with Crippen molar-refractivity contribution in [1.82, 2.24) is 4.72 Å². The van der Waals surface area contributed by atoms with Gasteiger partial charge in [-0.05, 0) is 31.5 Å². The Morgan fingerprint density at radius 2 is 1.88 bits per heavy atom. The lowest BCUT2D eigenvalue weighted by molar-refractivity contribution is 0.414. The number of methoxy groups -OCH3 is 1. The average Bonchev–Trinajstić information content (AvgIpc) is 2.28. The van der Waals surface area contributed by atoms with Gasteiger partial charge in [0.15, 0.2) is 0 Å². The zero-order chi connectivity index (χ0) is 12.2. The maximum absolute atomic E-state index is 11.4. The van der Waals surface area contributed by atoms with Gasteiger partial charge >= 0.3 is 0 Å². The van der Waals surface area contributed by atoms with Crippen LogP contribution >= 0.6 is 0 Å². The van der Waals surface area contributed by atoms with E-state index >= 15 is 0 Å². The Labute approximate surface area is 96.7 Å². The van der Waals surface area contributed by atoms with Crippen molar-refractivity contribution in [2.45, 2.75) is 19.9 Å². The second-order valence-electron chi connectivity index (χ2n) is 3.52. The average molecular weight is 243 g/mol. The molecule has 0 bridgehead atoms.